The van der Waals surface area contributed by atoms with Crippen molar-refractivity contribution in [3.05, 3.63) is 65.7 Å². The largest absolute Gasteiger partial charge is 0.489 e. The summed E-state index contributed by atoms with van der Waals surface area (Å²) in [5, 5.41) is 18.8. The molecule has 0 saturated carbocycles. The van der Waals surface area contributed by atoms with Crippen LogP contribution in [-0.2, 0) is 13.0 Å². The summed E-state index contributed by atoms with van der Waals surface area (Å²) in [7, 11) is 0. The summed E-state index contributed by atoms with van der Waals surface area (Å²) in [4.78, 5) is 0. The van der Waals surface area contributed by atoms with Crippen molar-refractivity contribution in [2.24, 2.45) is 0 Å². The van der Waals surface area contributed by atoms with Gasteiger partial charge >= 0.3 is 0 Å². The van der Waals surface area contributed by atoms with Gasteiger partial charge in [-0.15, -0.1) is 0 Å². The molecule has 0 aliphatic carbocycles. The Hall–Kier alpha value is -1.84. The molecule has 2 aromatic carbocycles. The summed E-state index contributed by atoms with van der Waals surface area (Å²) in [6, 6.07) is 17.9. The summed E-state index contributed by atoms with van der Waals surface area (Å²) in [5.74, 6) is 0.832. The van der Waals surface area contributed by atoms with Crippen LogP contribution in [0.1, 0.15) is 24.5 Å². The lowest BCUT2D eigenvalue weighted by atomic mass is 10.0. The van der Waals surface area contributed by atoms with Crippen LogP contribution in [0.3, 0.4) is 0 Å². The molecule has 0 bridgehead atoms. The topological polar surface area (TPSA) is 49.7 Å². The van der Waals surface area contributed by atoms with Gasteiger partial charge in [-0.25, -0.2) is 0 Å². The highest BCUT2D eigenvalue weighted by Gasteiger charge is 2.10. The number of hydrogen-bond acceptors (Lipinski definition) is 3. The molecule has 0 saturated heterocycles. The Bertz CT molecular complexity index is 520. The van der Waals surface area contributed by atoms with Crippen LogP contribution in [0.5, 0.6) is 5.75 Å². The molecule has 0 fully saturated rings. The van der Waals surface area contributed by atoms with Crippen molar-refractivity contribution in [1.82, 2.24) is 0 Å². The SMILES string of the molecule is CC(O)C(O)CCc1ccc(OCc2ccccc2)cc1. The first-order chi connectivity index (χ1) is 10.1. The Morgan fingerprint density at radius 2 is 1.57 bits per heavy atom. The zero-order valence-corrected chi connectivity index (χ0v) is 12.3. The van der Waals surface area contributed by atoms with Crippen molar-refractivity contribution >= 4 is 0 Å². The molecule has 2 N–H and O–H groups in total. The molecule has 0 spiro atoms. The molecule has 3 heteroatoms. The van der Waals surface area contributed by atoms with Gasteiger partial charge in [0.05, 0.1) is 12.2 Å². The normalized spacial score (nSPS) is 13.7. The maximum Gasteiger partial charge on any atom is 0.119 e. The van der Waals surface area contributed by atoms with E-state index in [2.05, 4.69) is 0 Å². The average Bonchev–Trinajstić information content (AvgIpc) is 2.52. The van der Waals surface area contributed by atoms with Crippen LogP contribution < -0.4 is 4.74 Å². The van der Waals surface area contributed by atoms with Crippen LogP contribution in [0, 0.1) is 0 Å². The van der Waals surface area contributed by atoms with Gasteiger partial charge in [0.2, 0.25) is 0 Å². The fourth-order valence-electron chi connectivity index (χ4n) is 2.05. The molecule has 0 heterocycles. The molecule has 0 aliphatic rings. The number of aliphatic hydroxyl groups is 2. The maximum absolute atomic E-state index is 9.58. The summed E-state index contributed by atoms with van der Waals surface area (Å²) in [6.07, 6.45) is -0.0510. The molecule has 21 heavy (non-hydrogen) atoms. The molecule has 112 valence electrons. The third-order valence-electron chi connectivity index (χ3n) is 3.46. The molecule has 0 aromatic heterocycles. The zero-order valence-electron chi connectivity index (χ0n) is 12.3. The maximum atomic E-state index is 9.58. The van der Waals surface area contributed by atoms with Crippen LogP contribution in [0.4, 0.5) is 0 Å². The van der Waals surface area contributed by atoms with Crippen LogP contribution in [0.2, 0.25) is 0 Å². The predicted molar refractivity (Wildman–Crippen MR) is 83.2 cm³/mol. The van der Waals surface area contributed by atoms with Gasteiger partial charge in [-0.3, -0.25) is 0 Å². The van der Waals surface area contributed by atoms with Gasteiger partial charge in [0.15, 0.2) is 0 Å². The van der Waals surface area contributed by atoms with Crippen LogP contribution in [0.15, 0.2) is 54.6 Å². The minimum atomic E-state index is -0.682. The van der Waals surface area contributed by atoms with Gasteiger partial charge in [-0.2, -0.15) is 0 Å². The van der Waals surface area contributed by atoms with Gasteiger partial charge in [-0.05, 0) is 43.0 Å². The molecular formula is C18H22O3. The molecule has 2 aromatic rings. The van der Waals surface area contributed by atoms with E-state index < -0.39 is 12.2 Å². The van der Waals surface area contributed by atoms with E-state index in [0.717, 1.165) is 23.3 Å². The summed E-state index contributed by atoms with van der Waals surface area (Å²) >= 11 is 0. The van der Waals surface area contributed by atoms with E-state index in [0.29, 0.717) is 13.0 Å². The molecule has 3 nitrogen and oxygen atoms in total. The van der Waals surface area contributed by atoms with E-state index in [-0.39, 0.29) is 0 Å². The van der Waals surface area contributed by atoms with Gasteiger partial charge in [-0.1, -0.05) is 42.5 Å². The van der Waals surface area contributed by atoms with Crippen molar-refractivity contribution in [1.29, 1.82) is 0 Å². The number of aryl methyl sites for hydroxylation is 1. The zero-order chi connectivity index (χ0) is 15.1. The second-order valence-corrected chi connectivity index (χ2v) is 5.26. The van der Waals surface area contributed by atoms with Crippen LogP contribution in [0.25, 0.3) is 0 Å². The third-order valence-corrected chi connectivity index (χ3v) is 3.46. The monoisotopic (exact) mass is 286 g/mol. The summed E-state index contributed by atoms with van der Waals surface area (Å²) in [5.41, 5.74) is 2.27. The van der Waals surface area contributed by atoms with Crippen molar-refractivity contribution in [2.45, 2.75) is 38.6 Å². The van der Waals surface area contributed by atoms with Crippen molar-refractivity contribution in [2.75, 3.05) is 0 Å². The lowest BCUT2D eigenvalue weighted by molar-refractivity contribution is 0.0265. The first-order valence-electron chi connectivity index (χ1n) is 7.27. The molecule has 0 aliphatic heterocycles. The highest BCUT2D eigenvalue weighted by atomic mass is 16.5. The summed E-state index contributed by atoms with van der Waals surface area (Å²) in [6.45, 7) is 2.16. The van der Waals surface area contributed by atoms with E-state index in [1.54, 1.807) is 6.92 Å². The van der Waals surface area contributed by atoms with Crippen LogP contribution >= 0.6 is 0 Å². The molecule has 2 unspecified atom stereocenters. The lowest BCUT2D eigenvalue weighted by Crippen LogP contribution is -2.22. The second kappa shape index (κ2) is 7.81. The number of rotatable bonds is 7. The predicted octanol–water partition coefficient (Wildman–Crippen LogP) is 2.94. The van der Waals surface area contributed by atoms with Crippen molar-refractivity contribution in [3.8, 4) is 5.75 Å². The molecule has 0 radical (unpaired) electrons. The minimum absolute atomic E-state index is 0.556. The first-order valence-corrected chi connectivity index (χ1v) is 7.27. The highest BCUT2D eigenvalue weighted by molar-refractivity contribution is 5.28. The van der Waals surface area contributed by atoms with E-state index in [1.165, 1.54) is 0 Å². The minimum Gasteiger partial charge on any atom is -0.489 e. The van der Waals surface area contributed by atoms with E-state index >= 15 is 0 Å². The van der Waals surface area contributed by atoms with Gasteiger partial charge in [0.25, 0.3) is 0 Å². The lowest BCUT2D eigenvalue weighted by Gasteiger charge is -2.13. The quantitative estimate of drug-likeness (QED) is 0.823. The number of ether oxygens (including phenoxy) is 1. The molecule has 2 atom stereocenters. The fraction of sp³-hybridized carbons (Fsp3) is 0.333. The third kappa shape index (κ3) is 5.21. The fourth-order valence-corrected chi connectivity index (χ4v) is 2.05. The Morgan fingerprint density at radius 3 is 2.19 bits per heavy atom. The number of aliphatic hydroxyl groups excluding tert-OH is 2. The Balaban J connectivity index is 1.82. The average molecular weight is 286 g/mol. The molecule has 2 rings (SSSR count). The van der Waals surface area contributed by atoms with Crippen molar-refractivity contribution in [3.63, 3.8) is 0 Å². The van der Waals surface area contributed by atoms with E-state index in [4.69, 9.17) is 4.74 Å². The van der Waals surface area contributed by atoms with E-state index in [1.807, 2.05) is 54.6 Å². The van der Waals surface area contributed by atoms with E-state index in [9.17, 15) is 10.2 Å². The van der Waals surface area contributed by atoms with Gasteiger partial charge in [0, 0.05) is 0 Å². The molecule has 0 amide bonds. The Kier molecular flexibility index (Phi) is 5.78. The standard InChI is InChI=1S/C18H22O3/c1-14(19)18(20)12-9-15-7-10-17(11-8-15)21-13-16-5-3-2-4-6-16/h2-8,10-11,14,18-20H,9,12-13H2,1H3. The van der Waals surface area contributed by atoms with Gasteiger partial charge in [0.1, 0.15) is 12.4 Å². The first kappa shape index (κ1) is 15.5. The van der Waals surface area contributed by atoms with Gasteiger partial charge < -0.3 is 14.9 Å². The smallest absolute Gasteiger partial charge is 0.119 e. The second-order valence-electron chi connectivity index (χ2n) is 5.26. The van der Waals surface area contributed by atoms with Crippen LogP contribution in [-0.4, -0.2) is 22.4 Å². The highest BCUT2D eigenvalue weighted by Crippen LogP contribution is 2.16. The Morgan fingerprint density at radius 1 is 0.905 bits per heavy atom. The van der Waals surface area contributed by atoms with Crippen molar-refractivity contribution < 1.29 is 14.9 Å². The Labute approximate surface area is 125 Å². The molecular weight excluding hydrogens is 264 g/mol. The summed E-state index contributed by atoms with van der Waals surface area (Å²) < 4.78 is 5.72. The number of benzene rings is 2. The number of hydrogen-bond donors (Lipinski definition) is 2.